The molecule has 7 nitrogen and oxygen atoms in total. The summed E-state index contributed by atoms with van der Waals surface area (Å²) in [6, 6.07) is 19.3. The lowest BCUT2D eigenvalue weighted by Crippen LogP contribution is -2.26. The highest BCUT2D eigenvalue weighted by Crippen LogP contribution is 2.39. The average molecular weight is 442 g/mol. The second-order valence-corrected chi connectivity index (χ2v) is 8.62. The summed E-state index contributed by atoms with van der Waals surface area (Å²) in [6.45, 7) is 5.31. The molecule has 0 atom stereocenters. The fraction of sp³-hybridized carbons (Fsp3) is 0.304. The Morgan fingerprint density at radius 1 is 1.16 bits per heavy atom. The van der Waals surface area contributed by atoms with Gasteiger partial charge in [-0.3, -0.25) is 4.55 Å². The summed E-state index contributed by atoms with van der Waals surface area (Å²) in [5.74, 6) is 0. The zero-order chi connectivity index (χ0) is 23.2. The van der Waals surface area contributed by atoms with E-state index in [1.54, 1.807) is 0 Å². The van der Waals surface area contributed by atoms with Crippen molar-refractivity contribution in [2.75, 3.05) is 25.5 Å². The van der Waals surface area contributed by atoms with Gasteiger partial charge in [0, 0.05) is 37.0 Å². The maximum absolute atomic E-state index is 8.72. The standard InChI is InChI=1S/C23H26N3.H2O4S/c1-23(2)20-8-5-6-9-21(20)26(4)22(23)15-12-18-10-13-19(14-11-18)25(3)17-7-16-24;1-5(2,3)4/h5-6,8-15H,7,17H2,1-4H3;(H2,1,2,3,4)/q+1;/p-1. The van der Waals surface area contributed by atoms with Crippen molar-refractivity contribution in [1.82, 2.24) is 0 Å². The highest BCUT2D eigenvalue weighted by molar-refractivity contribution is 7.79. The van der Waals surface area contributed by atoms with Crippen LogP contribution in [0.1, 0.15) is 31.4 Å². The molecule has 0 amide bonds. The highest BCUT2D eigenvalue weighted by Gasteiger charge is 2.42. The first-order valence-corrected chi connectivity index (χ1v) is 11.1. The molecule has 0 bridgehead atoms. The Morgan fingerprint density at radius 2 is 1.74 bits per heavy atom. The van der Waals surface area contributed by atoms with Crippen LogP contribution >= 0.6 is 0 Å². The Morgan fingerprint density at radius 3 is 2.29 bits per heavy atom. The minimum Gasteiger partial charge on any atom is -0.726 e. The molecule has 0 saturated carbocycles. The number of nitrogens with zero attached hydrogens (tertiary/aromatic N) is 3. The van der Waals surface area contributed by atoms with Crippen LogP contribution in [0.2, 0.25) is 0 Å². The molecule has 31 heavy (non-hydrogen) atoms. The zero-order valence-electron chi connectivity index (χ0n) is 18.1. The predicted octanol–water partition coefficient (Wildman–Crippen LogP) is 3.76. The van der Waals surface area contributed by atoms with Crippen LogP contribution in [0.3, 0.4) is 0 Å². The topological polar surface area (TPSA) is 107 Å². The molecule has 3 rings (SSSR count). The van der Waals surface area contributed by atoms with Crippen molar-refractivity contribution >= 4 is 33.6 Å². The number of benzene rings is 2. The van der Waals surface area contributed by atoms with Crippen LogP contribution < -0.4 is 4.90 Å². The molecule has 0 saturated heterocycles. The minimum atomic E-state index is -4.92. The van der Waals surface area contributed by atoms with E-state index in [0.29, 0.717) is 6.42 Å². The Kier molecular flexibility index (Phi) is 7.74. The average Bonchev–Trinajstić information content (AvgIpc) is 2.90. The van der Waals surface area contributed by atoms with Crippen LogP contribution in [0, 0.1) is 11.3 Å². The molecule has 1 aliphatic rings. The van der Waals surface area contributed by atoms with E-state index >= 15 is 0 Å². The molecule has 2 aromatic carbocycles. The molecule has 0 unspecified atom stereocenters. The van der Waals surface area contributed by atoms with Crippen LogP contribution in [0.15, 0.2) is 54.6 Å². The van der Waals surface area contributed by atoms with E-state index in [9.17, 15) is 0 Å². The molecule has 0 spiro atoms. The van der Waals surface area contributed by atoms with Crippen molar-refractivity contribution in [3.63, 3.8) is 0 Å². The van der Waals surface area contributed by atoms with Crippen molar-refractivity contribution in [3.8, 4) is 6.07 Å². The third kappa shape index (κ3) is 6.49. The van der Waals surface area contributed by atoms with E-state index in [4.69, 9.17) is 22.8 Å². The molecule has 1 heterocycles. The summed E-state index contributed by atoms with van der Waals surface area (Å²) in [5.41, 5.74) is 6.27. The van der Waals surface area contributed by atoms with E-state index in [-0.39, 0.29) is 5.41 Å². The smallest absolute Gasteiger partial charge is 0.215 e. The van der Waals surface area contributed by atoms with Crippen molar-refractivity contribution in [3.05, 3.63) is 65.7 Å². The van der Waals surface area contributed by atoms with E-state index in [2.05, 4.69) is 97.1 Å². The summed E-state index contributed by atoms with van der Waals surface area (Å²) in [4.78, 5) is 2.11. The number of allylic oxidation sites excluding steroid dienone is 1. The first-order chi connectivity index (χ1) is 14.4. The summed E-state index contributed by atoms with van der Waals surface area (Å²) in [5, 5.41) is 8.72. The fourth-order valence-electron chi connectivity index (χ4n) is 3.66. The Labute approximate surface area is 184 Å². The number of fused-ring (bicyclic) bond motifs is 1. The van der Waals surface area contributed by atoms with Gasteiger partial charge < -0.3 is 9.45 Å². The van der Waals surface area contributed by atoms with Gasteiger partial charge in [0.15, 0.2) is 5.71 Å². The number of nitriles is 1. The van der Waals surface area contributed by atoms with Crippen LogP contribution in [-0.2, 0) is 15.8 Å². The number of hydrogen-bond acceptors (Lipinski definition) is 5. The van der Waals surface area contributed by atoms with Gasteiger partial charge in [0.2, 0.25) is 16.1 Å². The third-order valence-corrected chi connectivity index (χ3v) is 5.27. The van der Waals surface area contributed by atoms with Gasteiger partial charge >= 0.3 is 0 Å². The molecule has 0 aromatic heterocycles. The lowest BCUT2D eigenvalue weighted by atomic mass is 9.81. The molecule has 0 aliphatic carbocycles. The lowest BCUT2D eigenvalue weighted by Gasteiger charge is -2.17. The second-order valence-electron chi connectivity index (χ2n) is 7.77. The fourth-order valence-corrected chi connectivity index (χ4v) is 3.66. The van der Waals surface area contributed by atoms with E-state index in [1.807, 2.05) is 7.05 Å². The van der Waals surface area contributed by atoms with Gasteiger partial charge in [0.1, 0.15) is 7.05 Å². The minimum absolute atomic E-state index is 0.000698. The number of hydrogen-bond donors (Lipinski definition) is 1. The molecule has 1 N–H and O–H groups in total. The van der Waals surface area contributed by atoms with Crippen molar-refractivity contribution in [2.45, 2.75) is 25.7 Å². The predicted molar refractivity (Wildman–Crippen MR) is 122 cm³/mol. The molecule has 0 fully saturated rings. The number of para-hydroxylation sites is 1. The molecule has 1 aliphatic heterocycles. The van der Waals surface area contributed by atoms with E-state index in [0.717, 1.165) is 12.2 Å². The summed E-state index contributed by atoms with van der Waals surface area (Å²) in [7, 11) is -0.758. The van der Waals surface area contributed by atoms with Gasteiger partial charge in [-0.2, -0.15) is 9.84 Å². The SMILES string of the molecule is CN(CCC#N)c1ccc(/C=C/C2=[N+](C)c3ccccc3C2(C)C)cc1.O=S(=O)([O-])O. The van der Waals surface area contributed by atoms with Gasteiger partial charge in [0.05, 0.1) is 17.9 Å². The third-order valence-electron chi connectivity index (χ3n) is 5.27. The Bertz CT molecular complexity index is 1120. The van der Waals surface area contributed by atoms with Crippen LogP contribution in [0.25, 0.3) is 6.08 Å². The molecule has 0 radical (unpaired) electrons. The van der Waals surface area contributed by atoms with Crippen molar-refractivity contribution < 1.29 is 22.1 Å². The highest BCUT2D eigenvalue weighted by atomic mass is 32.3. The maximum atomic E-state index is 8.72. The zero-order valence-corrected chi connectivity index (χ0v) is 18.9. The normalized spacial score (nSPS) is 14.6. The van der Waals surface area contributed by atoms with E-state index in [1.165, 1.54) is 22.5 Å². The van der Waals surface area contributed by atoms with Crippen LogP contribution in [0.4, 0.5) is 11.4 Å². The summed E-state index contributed by atoms with van der Waals surface area (Å²) in [6.07, 6.45) is 4.95. The first kappa shape index (κ1) is 24.3. The number of rotatable bonds is 5. The van der Waals surface area contributed by atoms with Gasteiger partial charge in [0.25, 0.3) is 0 Å². The molecule has 8 heteroatoms. The van der Waals surface area contributed by atoms with Gasteiger partial charge in [-0.1, -0.05) is 30.3 Å². The maximum Gasteiger partial charge on any atom is 0.215 e. The molecular weight excluding hydrogens is 414 g/mol. The summed E-state index contributed by atoms with van der Waals surface area (Å²) < 4.78 is 35.1. The second kappa shape index (κ2) is 9.88. The lowest BCUT2D eigenvalue weighted by molar-refractivity contribution is -0.401. The molecule has 2 aromatic rings. The monoisotopic (exact) mass is 441 g/mol. The van der Waals surface area contributed by atoms with E-state index < -0.39 is 10.4 Å². The van der Waals surface area contributed by atoms with Crippen molar-refractivity contribution in [1.29, 1.82) is 5.26 Å². The summed E-state index contributed by atoms with van der Waals surface area (Å²) >= 11 is 0. The van der Waals surface area contributed by atoms with Gasteiger partial charge in [-0.15, -0.1) is 0 Å². The largest absolute Gasteiger partial charge is 0.726 e. The Hall–Kier alpha value is -2.99. The number of anilines is 1. The van der Waals surface area contributed by atoms with Crippen LogP contribution in [-0.4, -0.2) is 48.5 Å². The van der Waals surface area contributed by atoms with Gasteiger partial charge in [-0.05, 0) is 37.6 Å². The molecule has 164 valence electrons. The van der Waals surface area contributed by atoms with Crippen molar-refractivity contribution in [2.24, 2.45) is 0 Å². The van der Waals surface area contributed by atoms with Crippen LogP contribution in [0.5, 0.6) is 0 Å². The quantitative estimate of drug-likeness (QED) is 0.430. The van der Waals surface area contributed by atoms with Gasteiger partial charge in [-0.25, -0.2) is 8.42 Å². The molecular formula is C23H27N3O4S. The Balaban J connectivity index is 0.000000614. The first-order valence-electron chi connectivity index (χ1n) is 9.70.